The maximum Gasteiger partial charge on any atom is 0.269 e. The van der Waals surface area contributed by atoms with Crippen molar-refractivity contribution in [1.82, 2.24) is 14.1 Å². The first-order valence-corrected chi connectivity index (χ1v) is 8.29. The molecular formula is C14H14N4O4S. The van der Waals surface area contributed by atoms with Gasteiger partial charge in [0.25, 0.3) is 15.9 Å². The Morgan fingerprint density at radius 1 is 1.26 bits per heavy atom. The highest BCUT2D eigenvalue weighted by atomic mass is 32.2. The summed E-state index contributed by atoms with van der Waals surface area (Å²) in [5.41, 5.74) is 0.137. The molecule has 3 rings (SSSR count). The number of nitrogens with zero attached hydrogens (tertiary/aromatic N) is 3. The van der Waals surface area contributed by atoms with E-state index in [-0.39, 0.29) is 23.4 Å². The first-order chi connectivity index (χ1) is 10.9. The Balaban J connectivity index is 1.69. The van der Waals surface area contributed by atoms with Gasteiger partial charge >= 0.3 is 0 Å². The van der Waals surface area contributed by atoms with Crippen LogP contribution < -0.4 is 5.32 Å². The highest BCUT2D eigenvalue weighted by Crippen LogP contribution is 2.29. The highest BCUT2D eigenvalue weighted by molar-refractivity contribution is 7.90. The Labute approximate surface area is 132 Å². The summed E-state index contributed by atoms with van der Waals surface area (Å²) in [6.07, 6.45) is 1.52. The van der Waals surface area contributed by atoms with Gasteiger partial charge in [-0.15, -0.1) is 0 Å². The maximum absolute atomic E-state index is 12.3. The molecule has 2 amide bonds. The number of hydrogen-bond acceptors (Lipinski definition) is 5. The molecule has 1 N–H and O–H groups in total. The first kappa shape index (κ1) is 15.2. The van der Waals surface area contributed by atoms with Crippen LogP contribution in [0.15, 0.2) is 41.4 Å². The average Bonchev–Trinajstić information content (AvgIpc) is 2.99. The molecule has 1 aliphatic heterocycles. The van der Waals surface area contributed by atoms with Crippen molar-refractivity contribution in [2.45, 2.75) is 11.3 Å². The van der Waals surface area contributed by atoms with Crippen molar-refractivity contribution in [3.63, 3.8) is 0 Å². The van der Waals surface area contributed by atoms with E-state index in [1.807, 2.05) is 0 Å². The number of hydrogen-bond donors (Lipinski definition) is 1. The second-order valence-electron chi connectivity index (χ2n) is 5.05. The van der Waals surface area contributed by atoms with Gasteiger partial charge in [0.05, 0.1) is 5.56 Å². The summed E-state index contributed by atoms with van der Waals surface area (Å²) in [6.45, 7) is -0.214. The number of nitrogens with one attached hydrogen (secondary N) is 1. The summed E-state index contributed by atoms with van der Waals surface area (Å²) in [5, 5.41) is 6.54. The zero-order chi connectivity index (χ0) is 16.6. The maximum atomic E-state index is 12.3. The minimum atomic E-state index is -3.88. The van der Waals surface area contributed by atoms with E-state index in [9.17, 15) is 18.0 Å². The Bertz CT molecular complexity index is 888. The molecular weight excluding hydrogens is 320 g/mol. The quantitative estimate of drug-likeness (QED) is 0.882. The van der Waals surface area contributed by atoms with Gasteiger partial charge in [-0.2, -0.15) is 5.10 Å². The van der Waals surface area contributed by atoms with Crippen LogP contribution in [-0.2, 0) is 21.9 Å². The number of carbonyl (C=O) groups excluding carboxylic acids is 2. The van der Waals surface area contributed by atoms with Gasteiger partial charge in [0.15, 0.2) is 5.82 Å². The number of fused-ring (bicyclic) bond motifs is 1. The number of carbonyl (C=O) groups is 2. The van der Waals surface area contributed by atoms with Crippen molar-refractivity contribution in [3.05, 3.63) is 42.1 Å². The van der Waals surface area contributed by atoms with Gasteiger partial charge in [-0.25, -0.2) is 12.7 Å². The predicted molar refractivity (Wildman–Crippen MR) is 81.1 cm³/mol. The fourth-order valence-electron chi connectivity index (χ4n) is 2.34. The molecule has 0 atom stereocenters. The summed E-state index contributed by atoms with van der Waals surface area (Å²) in [5.74, 6) is -0.648. The van der Waals surface area contributed by atoms with E-state index in [4.69, 9.17) is 0 Å². The fraction of sp³-hybridized carbons (Fsp3) is 0.214. The van der Waals surface area contributed by atoms with E-state index >= 15 is 0 Å². The molecule has 0 bridgehead atoms. The number of anilines is 1. The Morgan fingerprint density at radius 3 is 2.65 bits per heavy atom. The molecule has 0 saturated carbocycles. The van der Waals surface area contributed by atoms with Gasteiger partial charge in [0, 0.05) is 32.3 Å². The summed E-state index contributed by atoms with van der Waals surface area (Å²) in [6, 6.07) is 7.62. The van der Waals surface area contributed by atoms with Gasteiger partial charge in [-0.1, -0.05) is 12.1 Å². The standard InChI is InChI=1S/C14H14N4O4S/c1-17-8-6-12(16-17)15-13(19)7-9-18-14(20)10-4-2-3-5-11(10)23(18,21)22/h2-6,8H,7,9H2,1H3,(H,15,16,19). The molecule has 0 fully saturated rings. The van der Waals surface area contributed by atoms with Gasteiger partial charge in [0.2, 0.25) is 5.91 Å². The average molecular weight is 334 g/mol. The SMILES string of the molecule is Cn1ccc(NC(=O)CCN2C(=O)c3ccccc3S2(=O)=O)n1. The van der Waals surface area contributed by atoms with Crippen LogP contribution in [0.4, 0.5) is 5.82 Å². The second kappa shape index (κ2) is 5.51. The van der Waals surface area contributed by atoms with Crippen molar-refractivity contribution in [2.24, 2.45) is 7.05 Å². The number of aromatic nitrogens is 2. The minimum Gasteiger partial charge on any atom is -0.309 e. The largest absolute Gasteiger partial charge is 0.309 e. The van der Waals surface area contributed by atoms with Crippen LogP contribution in [0.1, 0.15) is 16.8 Å². The third-order valence-electron chi connectivity index (χ3n) is 3.44. The van der Waals surface area contributed by atoms with E-state index in [0.717, 1.165) is 4.31 Å². The van der Waals surface area contributed by atoms with E-state index in [0.29, 0.717) is 5.82 Å². The van der Waals surface area contributed by atoms with Crippen molar-refractivity contribution in [1.29, 1.82) is 0 Å². The van der Waals surface area contributed by atoms with E-state index < -0.39 is 21.8 Å². The van der Waals surface area contributed by atoms with Crippen LogP contribution in [0.2, 0.25) is 0 Å². The smallest absolute Gasteiger partial charge is 0.269 e. The number of sulfonamides is 1. The third kappa shape index (κ3) is 2.70. The number of aryl methyl sites for hydroxylation is 1. The van der Waals surface area contributed by atoms with Crippen molar-refractivity contribution >= 4 is 27.7 Å². The molecule has 120 valence electrons. The molecule has 0 spiro atoms. The fourth-order valence-corrected chi connectivity index (χ4v) is 3.91. The van der Waals surface area contributed by atoms with E-state index in [1.54, 1.807) is 31.4 Å². The molecule has 9 heteroatoms. The lowest BCUT2D eigenvalue weighted by Crippen LogP contribution is -2.33. The third-order valence-corrected chi connectivity index (χ3v) is 5.28. The van der Waals surface area contributed by atoms with Gasteiger partial charge < -0.3 is 5.32 Å². The Kier molecular flexibility index (Phi) is 3.64. The topological polar surface area (TPSA) is 101 Å². The van der Waals surface area contributed by atoms with Crippen LogP contribution >= 0.6 is 0 Å². The molecule has 1 aromatic heterocycles. The molecule has 2 heterocycles. The molecule has 1 aromatic carbocycles. The first-order valence-electron chi connectivity index (χ1n) is 6.85. The van der Waals surface area contributed by atoms with Crippen molar-refractivity contribution in [3.8, 4) is 0 Å². The van der Waals surface area contributed by atoms with Gasteiger partial charge in [-0.3, -0.25) is 14.3 Å². The lowest BCUT2D eigenvalue weighted by Gasteiger charge is -2.14. The van der Waals surface area contributed by atoms with Crippen LogP contribution in [-0.4, -0.2) is 40.9 Å². The molecule has 2 aromatic rings. The summed E-state index contributed by atoms with van der Waals surface area (Å²) in [7, 11) is -2.17. The van der Waals surface area contributed by atoms with Crippen LogP contribution in [0.5, 0.6) is 0 Å². The molecule has 0 radical (unpaired) electrons. The normalized spacial score (nSPS) is 15.5. The molecule has 8 nitrogen and oxygen atoms in total. The molecule has 0 saturated heterocycles. The monoisotopic (exact) mass is 334 g/mol. The molecule has 1 aliphatic rings. The highest BCUT2D eigenvalue weighted by Gasteiger charge is 2.40. The van der Waals surface area contributed by atoms with Crippen LogP contribution in [0, 0.1) is 0 Å². The lowest BCUT2D eigenvalue weighted by atomic mass is 10.2. The summed E-state index contributed by atoms with van der Waals surface area (Å²) >= 11 is 0. The molecule has 0 aliphatic carbocycles. The van der Waals surface area contributed by atoms with Crippen LogP contribution in [0.25, 0.3) is 0 Å². The molecule has 23 heavy (non-hydrogen) atoms. The predicted octanol–water partition coefficient (Wildman–Crippen LogP) is 0.593. The summed E-state index contributed by atoms with van der Waals surface area (Å²) < 4.78 is 26.9. The number of amides is 2. The zero-order valence-corrected chi connectivity index (χ0v) is 13.1. The second-order valence-corrected chi connectivity index (χ2v) is 6.88. The summed E-state index contributed by atoms with van der Waals surface area (Å²) in [4.78, 5) is 24.0. The van der Waals surface area contributed by atoms with Crippen LogP contribution in [0.3, 0.4) is 0 Å². The van der Waals surface area contributed by atoms with E-state index in [1.165, 1.54) is 16.8 Å². The Morgan fingerprint density at radius 2 is 2.00 bits per heavy atom. The molecule has 0 unspecified atom stereocenters. The Hall–Kier alpha value is -2.68. The van der Waals surface area contributed by atoms with Crippen molar-refractivity contribution < 1.29 is 18.0 Å². The number of rotatable bonds is 4. The van der Waals surface area contributed by atoms with Gasteiger partial charge in [-0.05, 0) is 12.1 Å². The zero-order valence-electron chi connectivity index (χ0n) is 12.3. The van der Waals surface area contributed by atoms with E-state index in [2.05, 4.69) is 10.4 Å². The lowest BCUT2D eigenvalue weighted by molar-refractivity contribution is -0.116. The van der Waals surface area contributed by atoms with Crippen molar-refractivity contribution in [2.75, 3.05) is 11.9 Å². The number of benzene rings is 1. The minimum absolute atomic E-state index is 0.0184. The van der Waals surface area contributed by atoms with Gasteiger partial charge in [0.1, 0.15) is 4.90 Å².